The van der Waals surface area contributed by atoms with Crippen molar-refractivity contribution < 1.29 is 19.4 Å². The Labute approximate surface area is 124 Å². The topological polar surface area (TPSA) is 115 Å². The lowest BCUT2D eigenvalue weighted by atomic mass is 10.1. The number of aryl methyl sites for hydroxylation is 1. The number of carboxylic acids is 1. The summed E-state index contributed by atoms with van der Waals surface area (Å²) in [5.41, 5.74) is 6.60. The molecule has 1 aromatic heterocycles. The first kappa shape index (κ1) is 14.8. The lowest BCUT2D eigenvalue weighted by Gasteiger charge is -2.08. The van der Waals surface area contributed by atoms with Gasteiger partial charge >= 0.3 is 5.97 Å². The van der Waals surface area contributed by atoms with Gasteiger partial charge in [-0.2, -0.15) is 4.37 Å². The normalized spacial score (nSPS) is 10.2. The van der Waals surface area contributed by atoms with Gasteiger partial charge in [-0.1, -0.05) is 0 Å². The van der Waals surface area contributed by atoms with E-state index in [-0.39, 0.29) is 21.8 Å². The molecule has 0 saturated carbocycles. The zero-order chi connectivity index (χ0) is 15.6. The number of methoxy groups -OCH3 is 1. The van der Waals surface area contributed by atoms with E-state index in [1.807, 2.05) is 0 Å². The van der Waals surface area contributed by atoms with Crippen LogP contribution in [0.4, 0.5) is 10.7 Å². The van der Waals surface area contributed by atoms with Crippen LogP contribution in [0.15, 0.2) is 18.2 Å². The van der Waals surface area contributed by atoms with Gasteiger partial charge in [0.2, 0.25) is 0 Å². The number of hydrogen-bond acceptors (Lipinski definition) is 6. The number of rotatable bonds is 4. The van der Waals surface area contributed by atoms with Crippen LogP contribution in [0.25, 0.3) is 0 Å². The number of nitrogens with two attached hydrogens (primary N) is 1. The van der Waals surface area contributed by atoms with E-state index in [2.05, 4.69) is 9.69 Å². The van der Waals surface area contributed by atoms with Gasteiger partial charge in [-0.15, -0.1) is 0 Å². The predicted octanol–water partition coefficient (Wildman–Crippen LogP) is 1.99. The van der Waals surface area contributed by atoms with E-state index in [4.69, 9.17) is 15.6 Å². The highest BCUT2D eigenvalue weighted by atomic mass is 32.1. The maximum Gasteiger partial charge on any atom is 0.340 e. The quantitative estimate of drug-likeness (QED) is 0.744. The Kier molecular flexibility index (Phi) is 4.08. The van der Waals surface area contributed by atoms with Crippen LogP contribution < -0.4 is 15.8 Å². The SMILES string of the molecule is COc1ccc(C(=O)Nc2snc(C)c2C(=O)O)c(N)c1. The summed E-state index contributed by atoms with van der Waals surface area (Å²) in [5, 5.41) is 11.8. The highest BCUT2D eigenvalue weighted by molar-refractivity contribution is 7.11. The molecular weight excluding hydrogens is 294 g/mol. The van der Waals surface area contributed by atoms with Crippen LogP contribution in [-0.2, 0) is 0 Å². The minimum Gasteiger partial charge on any atom is -0.497 e. The first-order chi connectivity index (χ1) is 9.93. The third-order valence-corrected chi connectivity index (χ3v) is 3.66. The van der Waals surface area contributed by atoms with Gasteiger partial charge in [0.25, 0.3) is 5.91 Å². The fourth-order valence-corrected chi connectivity index (χ4v) is 2.54. The molecule has 1 amide bonds. The molecule has 0 fully saturated rings. The first-order valence-corrected chi connectivity index (χ1v) is 6.65. The Hall–Kier alpha value is -2.61. The van der Waals surface area contributed by atoms with Gasteiger partial charge in [-0.3, -0.25) is 4.79 Å². The summed E-state index contributed by atoms with van der Waals surface area (Å²) in [6, 6.07) is 4.63. The summed E-state index contributed by atoms with van der Waals surface area (Å²) in [7, 11) is 1.49. The van der Waals surface area contributed by atoms with Gasteiger partial charge in [-0.05, 0) is 30.6 Å². The second-order valence-electron chi connectivity index (χ2n) is 4.18. The molecule has 7 nitrogen and oxygen atoms in total. The van der Waals surface area contributed by atoms with E-state index >= 15 is 0 Å². The average molecular weight is 307 g/mol. The molecular formula is C13H13N3O4S. The zero-order valence-electron chi connectivity index (χ0n) is 11.3. The number of nitrogens with one attached hydrogen (secondary N) is 1. The number of carbonyl (C=O) groups excluding carboxylic acids is 1. The number of ether oxygens (including phenoxy) is 1. The number of carbonyl (C=O) groups is 2. The second-order valence-corrected chi connectivity index (χ2v) is 4.96. The van der Waals surface area contributed by atoms with Crippen LogP contribution in [-0.4, -0.2) is 28.5 Å². The fourth-order valence-electron chi connectivity index (χ4n) is 1.75. The van der Waals surface area contributed by atoms with Crippen molar-refractivity contribution in [2.45, 2.75) is 6.92 Å². The van der Waals surface area contributed by atoms with Gasteiger partial charge in [0.05, 0.1) is 18.4 Å². The smallest absolute Gasteiger partial charge is 0.340 e. The molecule has 0 bridgehead atoms. The third kappa shape index (κ3) is 2.95. The van der Waals surface area contributed by atoms with Crippen LogP contribution in [0.2, 0.25) is 0 Å². The van der Waals surface area contributed by atoms with E-state index in [9.17, 15) is 9.59 Å². The number of anilines is 2. The number of aromatic carboxylic acids is 1. The number of aromatic nitrogens is 1. The van der Waals surface area contributed by atoms with Crippen LogP contribution in [0.1, 0.15) is 26.4 Å². The molecule has 0 aliphatic rings. The molecule has 4 N–H and O–H groups in total. The molecule has 0 aliphatic heterocycles. The largest absolute Gasteiger partial charge is 0.497 e. The summed E-state index contributed by atoms with van der Waals surface area (Å²) >= 11 is 0.913. The Morgan fingerprint density at radius 2 is 2.14 bits per heavy atom. The minimum absolute atomic E-state index is 0.0135. The standard InChI is InChI=1S/C13H13N3O4S/c1-6-10(13(18)19)12(21-16-6)15-11(17)8-4-3-7(20-2)5-9(8)14/h3-5H,14H2,1-2H3,(H,15,17)(H,18,19). The summed E-state index contributed by atoms with van der Waals surface area (Å²) < 4.78 is 8.93. The molecule has 1 heterocycles. The van der Waals surface area contributed by atoms with E-state index in [0.29, 0.717) is 11.4 Å². The third-order valence-electron chi connectivity index (χ3n) is 2.81. The molecule has 2 aromatic rings. The van der Waals surface area contributed by atoms with Crippen molar-refractivity contribution >= 4 is 34.1 Å². The predicted molar refractivity (Wildman–Crippen MR) is 79.2 cm³/mol. The molecule has 21 heavy (non-hydrogen) atoms. The summed E-state index contributed by atoms with van der Waals surface area (Å²) in [4.78, 5) is 23.3. The van der Waals surface area contributed by atoms with Gasteiger partial charge in [-0.25, -0.2) is 4.79 Å². The molecule has 0 aliphatic carbocycles. The molecule has 0 radical (unpaired) electrons. The Morgan fingerprint density at radius 3 is 2.71 bits per heavy atom. The van der Waals surface area contributed by atoms with Gasteiger partial charge in [0.1, 0.15) is 16.3 Å². The van der Waals surface area contributed by atoms with Gasteiger partial charge in [0.15, 0.2) is 0 Å². The molecule has 0 spiro atoms. The molecule has 0 unspecified atom stereocenters. The average Bonchev–Trinajstić information content (AvgIpc) is 2.79. The van der Waals surface area contributed by atoms with Crippen LogP contribution >= 0.6 is 11.5 Å². The Morgan fingerprint density at radius 1 is 1.43 bits per heavy atom. The van der Waals surface area contributed by atoms with Gasteiger partial charge < -0.3 is 20.9 Å². The molecule has 0 saturated heterocycles. The minimum atomic E-state index is -1.14. The number of nitrogen functional groups attached to an aromatic ring is 1. The number of carboxylic acid groups (broad SMARTS) is 1. The van der Waals surface area contributed by atoms with Crippen molar-refractivity contribution in [3.63, 3.8) is 0 Å². The van der Waals surface area contributed by atoms with Crippen LogP contribution in [0, 0.1) is 6.92 Å². The van der Waals surface area contributed by atoms with E-state index < -0.39 is 11.9 Å². The van der Waals surface area contributed by atoms with Crippen molar-refractivity contribution in [1.29, 1.82) is 0 Å². The highest BCUT2D eigenvalue weighted by Gasteiger charge is 2.20. The van der Waals surface area contributed by atoms with Crippen molar-refractivity contribution in [1.82, 2.24) is 4.37 Å². The van der Waals surface area contributed by atoms with E-state index in [1.165, 1.54) is 19.2 Å². The van der Waals surface area contributed by atoms with Gasteiger partial charge in [0, 0.05) is 11.8 Å². The fraction of sp³-hybridized carbons (Fsp3) is 0.154. The Bertz CT molecular complexity index is 711. The molecule has 2 rings (SSSR count). The molecule has 0 atom stereocenters. The van der Waals surface area contributed by atoms with Crippen molar-refractivity contribution in [2.24, 2.45) is 0 Å². The van der Waals surface area contributed by atoms with Crippen LogP contribution in [0.3, 0.4) is 0 Å². The molecule has 1 aromatic carbocycles. The number of hydrogen-bond donors (Lipinski definition) is 3. The highest BCUT2D eigenvalue weighted by Crippen LogP contribution is 2.26. The monoisotopic (exact) mass is 307 g/mol. The number of amides is 1. The molecule has 110 valence electrons. The summed E-state index contributed by atoms with van der Waals surface area (Å²) in [5.74, 6) is -1.11. The maximum atomic E-state index is 12.2. The maximum absolute atomic E-state index is 12.2. The zero-order valence-corrected chi connectivity index (χ0v) is 12.2. The van der Waals surface area contributed by atoms with E-state index in [0.717, 1.165) is 11.5 Å². The van der Waals surface area contributed by atoms with E-state index in [1.54, 1.807) is 13.0 Å². The van der Waals surface area contributed by atoms with Crippen molar-refractivity contribution in [2.75, 3.05) is 18.2 Å². The lowest BCUT2D eigenvalue weighted by molar-refractivity contribution is 0.0697. The van der Waals surface area contributed by atoms with Crippen molar-refractivity contribution in [3.05, 3.63) is 35.0 Å². The summed E-state index contributed by atoms with van der Waals surface area (Å²) in [6.45, 7) is 1.57. The van der Waals surface area contributed by atoms with Crippen LogP contribution in [0.5, 0.6) is 5.75 Å². The number of nitrogens with zero attached hydrogens (tertiary/aromatic N) is 1. The lowest BCUT2D eigenvalue weighted by Crippen LogP contribution is -2.15. The summed E-state index contributed by atoms with van der Waals surface area (Å²) in [6.07, 6.45) is 0. The first-order valence-electron chi connectivity index (χ1n) is 5.88. The van der Waals surface area contributed by atoms with Crippen molar-refractivity contribution in [3.8, 4) is 5.75 Å². The Balaban J connectivity index is 2.28. The second kappa shape index (κ2) is 5.80. The molecule has 8 heteroatoms. The number of benzene rings is 1.